The third kappa shape index (κ3) is 2.29. The summed E-state index contributed by atoms with van der Waals surface area (Å²) in [5.41, 5.74) is 0.800. The van der Waals surface area contributed by atoms with Crippen LogP contribution in [0.1, 0.15) is 5.56 Å². The van der Waals surface area contributed by atoms with Crippen LogP contribution in [-0.2, 0) is 0 Å². The predicted octanol–water partition coefficient (Wildman–Crippen LogP) is 3.83. The Morgan fingerprint density at radius 1 is 1.24 bits per heavy atom. The first kappa shape index (κ1) is 11.6. The van der Waals surface area contributed by atoms with E-state index in [2.05, 4.69) is 15.9 Å². The molecule has 0 saturated carbocycles. The maximum absolute atomic E-state index is 13.9. The molecule has 0 aromatic heterocycles. The monoisotopic (exact) mass is 291 g/mol. The van der Waals surface area contributed by atoms with Crippen LogP contribution < -0.4 is 0 Å². The molecule has 0 heterocycles. The van der Waals surface area contributed by atoms with E-state index in [0.29, 0.717) is 15.6 Å². The molecule has 2 nitrogen and oxygen atoms in total. The van der Waals surface area contributed by atoms with E-state index in [9.17, 15) is 9.50 Å². The third-order valence-corrected chi connectivity index (χ3v) is 2.77. The van der Waals surface area contributed by atoms with Crippen molar-refractivity contribution in [3.05, 3.63) is 52.3 Å². The van der Waals surface area contributed by atoms with Gasteiger partial charge in [-0.2, -0.15) is 5.26 Å². The number of phenolic OH excluding ortho intramolecular Hbond substituents is 1. The fourth-order valence-electron chi connectivity index (χ4n) is 1.57. The molecule has 0 bridgehead atoms. The second-order valence-electron chi connectivity index (χ2n) is 3.48. The van der Waals surface area contributed by atoms with Crippen molar-refractivity contribution >= 4 is 15.9 Å². The fourth-order valence-corrected chi connectivity index (χ4v) is 2.05. The first-order chi connectivity index (χ1) is 8.11. The summed E-state index contributed by atoms with van der Waals surface area (Å²) in [6.07, 6.45) is 0. The maximum atomic E-state index is 13.9. The van der Waals surface area contributed by atoms with Gasteiger partial charge in [-0.25, -0.2) is 4.39 Å². The van der Waals surface area contributed by atoms with E-state index in [0.717, 1.165) is 0 Å². The van der Waals surface area contributed by atoms with E-state index in [-0.39, 0.29) is 11.3 Å². The Morgan fingerprint density at radius 2 is 2.00 bits per heavy atom. The highest BCUT2D eigenvalue weighted by molar-refractivity contribution is 9.10. The van der Waals surface area contributed by atoms with Crippen LogP contribution in [0.5, 0.6) is 5.75 Å². The van der Waals surface area contributed by atoms with Crippen molar-refractivity contribution in [2.75, 3.05) is 0 Å². The number of nitriles is 1. The maximum Gasteiger partial charge on any atom is 0.148 e. The van der Waals surface area contributed by atoms with Crippen LogP contribution in [0.25, 0.3) is 11.1 Å². The van der Waals surface area contributed by atoms with Gasteiger partial charge in [-0.15, -0.1) is 0 Å². The molecule has 2 aromatic rings. The van der Waals surface area contributed by atoms with Gasteiger partial charge in [0, 0.05) is 10.0 Å². The van der Waals surface area contributed by atoms with Crippen LogP contribution in [0.4, 0.5) is 4.39 Å². The first-order valence-electron chi connectivity index (χ1n) is 4.80. The molecule has 0 aliphatic carbocycles. The second kappa shape index (κ2) is 4.56. The summed E-state index contributed by atoms with van der Waals surface area (Å²) in [6, 6.07) is 11.0. The van der Waals surface area contributed by atoms with Crippen molar-refractivity contribution in [2.24, 2.45) is 0 Å². The second-order valence-corrected chi connectivity index (χ2v) is 4.39. The lowest BCUT2D eigenvalue weighted by molar-refractivity contribution is 0.475. The number of hydrogen-bond donors (Lipinski definition) is 1. The van der Waals surface area contributed by atoms with Crippen LogP contribution in [0, 0.1) is 17.1 Å². The van der Waals surface area contributed by atoms with E-state index in [1.165, 1.54) is 18.2 Å². The van der Waals surface area contributed by atoms with Crippen molar-refractivity contribution in [3.63, 3.8) is 0 Å². The highest BCUT2D eigenvalue weighted by Gasteiger charge is 2.10. The van der Waals surface area contributed by atoms with Gasteiger partial charge in [0.05, 0.1) is 5.56 Å². The lowest BCUT2D eigenvalue weighted by Crippen LogP contribution is -1.89. The molecule has 0 aliphatic rings. The number of halogens is 2. The Balaban J connectivity index is 2.65. The van der Waals surface area contributed by atoms with Gasteiger partial charge in [0.1, 0.15) is 17.6 Å². The quantitative estimate of drug-likeness (QED) is 0.868. The number of rotatable bonds is 1. The number of benzene rings is 2. The minimum absolute atomic E-state index is 0.0121. The SMILES string of the molecule is N#Cc1cccc(-c2cc(O)cc(Br)c2)c1F. The molecule has 0 aliphatic heterocycles. The van der Waals surface area contributed by atoms with E-state index >= 15 is 0 Å². The van der Waals surface area contributed by atoms with Crippen LogP contribution in [0.2, 0.25) is 0 Å². The molecule has 0 unspecified atom stereocenters. The Bertz CT molecular complexity index is 599. The smallest absolute Gasteiger partial charge is 0.148 e. The van der Waals surface area contributed by atoms with Crippen LogP contribution >= 0.6 is 15.9 Å². The highest BCUT2D eigenvalue weighted by Crippen LogP contribution is 2.30. The molecule has 0 fully saturated rings. The normalized spacial score (nSPS) is 9.94. The van der Waals surface area contributed by atoms with E-state index < -0.39 is 5.82 Å². The summed E-state index contributed by atoms with van der Waals surface area (Å²) < 4.78 is 14.6. The zero-order valence-electron chi connectivity index (χ0n) is 8.61. The summed E-state index contributed by atoms with van der Waals surface area (Å²) in [5, 5.41) is 18.2. The first-order valence-corrected chi connectivity index (χ1v) is 5.59. The fraction of sp³-hybridized carbons (Fsp3) is 0. The zero-order valence-corrected chi connectivity index (χ0v) is 10.2. The molecule has 0 spiro atoms. The highest BCUT2D eigenvalue weighted by atomic mass is 79.9. The third-order valence-electron chi connectivity index (χ3n) is 2.31. The molecule has 0 saturated heterocycles. The number of nitrogens with zero attached hydrogens (tertiary/aromatic N) is 1. The minimum atomic E-state index is -0.576. The lowest BCUT2D eigenvalue weighted by Gasteiger charge is -2.06. The number of phenols is 1. The molecular weight excluding hydrogens is 285 g/mol. The summed E-state index contributed by atoms with van der Waals surface area (Å²) in [6.45, 7) is 0. The average molecular weight is 292 g/mol. The van der Waals surface area contributed by atoms with Gasteiger partial charge >= 0.3 is 0 Å². The molecule has 2 rings (SSSR count). The molecule has 17 heavy (non-hydrogen) atoms. The summed E-state index contributed by atoms with van der Waals surface area (Å²) >= 11 is 3.22. The Hall–Kier alpha value is -1.86. The lowest BCUT2D eigenvalue weighted by atomic mass is 10.0. The number of hydrogen-bond acceptors (Lipinski definition) is 2. The van der Waals surface area contributed by atoms with Crippen LogP contribution in [0.15, 0.2) is 40.9 Å². The molecule has 0 radical (unpaired) electrons. The van der Waals surface area contributed by atoms with Crippen molar-refractivity contribution < 1.29 is 9.50 Å². The average Bonchev–Trinajstić information content (AvgIpc) is 2.28. The molecule has 4 heteroatoms. The number of aromatic hydroxyl groups is 1. The van der Waals surface area contributed by atoms with E-state index in [1.54, 1.807) is 24.3 Å². The van der Waals surface area contributed by atoms with Crippen LogP contribution in [0.3, 0.4) is 0 Å². The molecule has 0 amide bonds. The predicted molar refractivity (Wildman–Crippen MR) is 65.9 cm³/mol. The van der Waals surface area contributed by atoms with Gasteiger partial charge in [-0.05, 0) is 29.8 Å². The minimum Gasteiger partial charge on any atom is -0.508 e. The standard InChI is InChI=1S/C13H7BrFNO/c14-10-4-9(5-11(17)6-10)12-3-1-2-8(7-16)13(12)15/h1-6,17H. The van der Waals surface area contributed by atoms with Crippen molar-refractivity contribution in [1.29, 1.82) is 5.26 Å². The molecule has 0 atom stereocenters. The molecular formula is C13H7BrFNO. The summed E-state index contributed by atoms with van der Waals surface area (Å²) in [4.78, 5) is 0. The van der Waals surface area contributed by atoms with Gasteiger partial charge < -0.3 is 5.11 Å². The molecule has 84 valence electrons. The van der Waals surface area contributed by atoms with Gasteiger partial charge in [0.15, 0.2) is 0 Å². The Kier molecular flexibility index (Phi) is 3.12. The van der Waals surface area contributed by atoms with Crippen molar-refractivity contribution in [3.8, 4) is 22.9 Å². The van der Waals surface area contributed by atoms with Gasteiger partial charge in [0.25, 0.3) is 0 Å². The summed E-state index contributed by atoms with van der Waals surface area (Å²) in [5.74, 6) is -0.538. The topological polar surface area (TPSA) is 44.0 Å². The largest absolute Gasteiger partial charge is 0.508 e. The Labute approximate surface area is 106 Å². The van der Waals surface area contributed by atoms with Gasteiger partial charge in [0.2, 0.25) is 0 Å². The Morgan fingerprint density at radius 3 is 2.65 bits per heavy atom. The van der Waals surface area contributed by atoms with Gasteiger partial charge in [-0.3, -0.25) is 0 Å². The van der Waals surface area contributed by atoms with Gasteiger partial charge in [-0.1, -0.05) is 28.1 Å². The molecule has 1 N–H and O–H groups in total. The van der Waals surface area contributed by atoms with Crippen molar-refractivity contribution in [1.82, 2.24) is 0 Å². The van der Waals surface area contributed by atoms with Crippen molar-refractivity contribution in [2.45, 2.75) is 0 Å². The van der Waals surface area contributed by atoms with Crippen LogP contribution in [-0.4, -0.2) is 5.11 Å². The van der Waals surface area contributed by atoms with E-state index in [1.807, 2.05) is 0 Å². The molecule has 2 aromatic carbocycles. The zero-order chi connectivity index (χ0) is 12.4. The van der Waals surface area contributed by atoms with E-state index in [4.69, 9.17) is 5.26 Å². The summed E-state index contributed by atoms with van der Waals surface area (Å²) in [7, 11) is 0.